The molecule has 90 valence electrons. The van der Waals surface area contributed by atoms with E-state index in [1.165, 1.54) is 0 Å². The Labute approximate surface area is 105 Å². The Morgan fingerprint density at radius 2 is 2.06 bits per heavy atom. The molecule has 0 aromatic heterocycles. The lowest BCUT2D eigenvalue weighted by molar-refractivity contribution is 0.00254. The third-order valence-electron chi connectivity index (χ3n) is 2.17. The standard InChI is InChI=1S/C11H15Cl2NO2/c1-11(16,7-15)6-14-5-8-4-9(12)2-3-10(8)13/h2-4,14-16H,5-7H2,1H3. The van der Waals surface area contributed by atoms with Crippen molar-refractivity contribution < 1.29 is 10.2 Å². The first kappa shape index (κ1) is 13.7. The maximum atomic E-state index is 9.55. The number of hydrogen-bond acceptors (Lipinski definition) is 3. The molecule has 1 unspecified atom stereocenters. The van der Waals surface area contributed by atoms with E-state index in [0.29, 0.717) is 16.6 Å². The molecule has 1 rings (SSSR count). The summed E-state index contributed by atoms with van der Waals surface area (Å²) in [5, 5.41) is 22.7. The Morgan fingerprint density at radius 3 is 2.69 bits per heavy atom. The zero-order valence-corrected chi connectivity index (χ0v) is 10.5. The van der Waals surface area contributed by atoms with Crippen molar-refractivity contribution in [1.82, 2.24) is 5.32 Å². The Balaban J connectivity index is 2.52. The predicted molar refractivity (Wildman–Crippen MR) is 65.9 cm³/mol. The van der Waals surface area contributed by atoms with Crippen LogP contribution < -0.4 is 5.32 Å². The number of nitrogens with one attached hydrogen (secondary N) is 1. The maximum absolute atomic E-state index is 9.55. The molecule has 0 aliphatic carbocycles. The van der Waals surface area contributed by atoms with Crippen LogP contribution >= 0.6 is 23.2 Å². The lowest BCUT2D eigenvalue weighted by Crippen LogP contribution is -2.40. The molecule has 0 heterocycles. The van der Waals surface area contributed by atoms with Crippen molar-refractivity contribution in [1.29, 1.82) is 0 Å². The van der Waals surface area contributed by atoms with Gasteiger partial charge in [-0.2, -0.15) is 0 Å². The third kappa shape index (κ3) is 4.28. The molecule has 3 N–H and O–H groups in total. The van der Waals surface area contributed by atoms with Gasteiger partial charge in [0.1, 0.15) is 0 Å². The summed E-state index contributed by atoms with van der Waals surface area (Å²) in [5.41, 5.74) is -0.256. The van der Waals surface area contributed by atoms with E-state index in [0.717, 1.165) is 5.56 Å². The second-order valence-electron chi connectivity index (χ2n) is 3.99. The molecular weight excluding hydrogens is 249 g/mol. The molecule has 5 heteroatoms. The molecular formula is C11H15Cl2NO2. The molecule has 3 nitrogen and oxygen atoms in total. The summed E-state index contributed by atoms with van der Waals surface area (Å²) in [7, 11) is 0. The van der Waals surface area contributed by atoms with Gasteiger partial charge in [-0.3, -0.25) is 0 Å². The number of aliphatic hydroxyl groups excluding tert-OH is 1. The topological polar surface area (TPSA) is 52.5 Å². The summed E-state index contributed by atoms with van der Waals surface area (Å²) in [6.45, 7) is 2.05. The molecule has 0 aliphatic rings. The van der Waals surface area contributed by atoms with E-state index in [9.17, 15) is 5.11 Å². The predicted octanol–water partition coefficient (Wildman–Crippen LogP) is 1.83. The van der Waals surface area contributed by atoms with Crippen LogP contribution in [-0.4, -0.2) is 29.0 Å². The lowest BCUT2D eigenvalue weighted by Gasteiger charge is -2.20. The summed E-state index contributed by atoms with van der Waals surface area (Å²) in [4.78, 5) is 0. The molecule has 0 fully saturated rings. The van der Waals surface area contributed by atoms with Gasteiger partial charge in [-0.15, -0.1) is 0 Å². The van der Waals surface area contributed by atoms with Crippen LogP contribution in [0.5, 0.6) is 0 Å². The van der Waals surface area contributed by atoms with Gasteiger partial charge in [0.05, 0.1) is 12.2 Å². The number of benzene rings is 1. The fraction of sp³-hybridized carbons (Fsp3) is 0.455. The molecule has 1 atom stereocenters. The minimum atomic E-state index is -1.12. The summed E-state index contributed by atoms with van der Waals surface area (Å²) in [5.74, 6) is 0. The smallest absolute Gasteiger partial charge is 0.0972 e. The van der Waals surface area contributed by atoms with Gasteiger partial charge in [0.25, 0.3) is 0 Å². The van der Waals surface area contributed by atoms with Crippen molar-refractivity contribution in [2.75, 3.05) is 13.2 Å². The van der Waals surface area contributed by atoms with E-state index in [2.05, 4.69) is 5.32 Å². The van der Waals surface area contributed by atoms with Crippen LogP contribution in [0.4, 0.5) is 0 Å². The van der Waals surface area contributed by atoms with Gasteiger partial charge < -0.3 is 15.5 Å². The average Bonchev–Trinajstić information content (AvgIpc) is 2.23. The zero-order chi connectivity index (χ0) is 12.2. The fourth-order valence-corrected chi connectivity index (χ4v) is 1.58. The van der Waals surface area contributed by atoms with Crippen molar-refractivity contribution in [2.24, 2.45) is 0 Å². The van der Waals surface area contributed by atoms with Gasteiger partial charge >= 0.3 is 0 Å². The highest BCUT2D eigenvalue weighted by Gasteiger charge is 2.17. The average molecular weight is 264 g/mol. The van der Waals surface area contributed by atoms with E-state index in [1.54, 1.807) is 25.1 Å². The van der Waals surface area contributed by atoms with Crippen LogP contribution in [0.3, 0.4) is 0 Å². The van der Waals surface area contributed by atoms with Gasteiger partial charge in [-0.25, -0.2) is 0 Å². The van der Waals surface area contributed by atoms with Crippen molar-refractivity contribution in [3.8, 4) is 0 Å². The van der Waals surface area contributed by atoms with Crippen LogP contribution in [-0.2, 0) is 6.54 Å². The monoisotopic (exact) mass is 263 g/mol. The quantitative estimate of drug-likeness (QED) is 0.760. The Bertz CT molecular complexity index is 356. The molecule has 0 saturated carbocycles. The van der Waals surface area contributed by atoms with Crippen molar-refractivity contribution in [3.05, 3.63) is 33.8 Å². The van der Waals surface area contributed by atoms with Gasteiger partial charge in [0, 0.05) is 23.1 Å². The molecule has 1 aromatic carbocycles. The highest BCUT2D eigenvalue weighted by molar-refractivity contribution is 6.33. The minimum Gasteiger partial charge on any atom is -0.393 e. The SMILES string of the molecule is CC(O)(CO)CNCc1cc(Cl)ccc1Cl. The second-order valence-corrected chi connectivity index (χ2v) is 4.84. The molecule has 0 spiro atoms. The Kier molecular flexibility index (Phi) is 5.02. The second kappa shape index (κ2) is 5.84. The molecule has 16 heavy (non-hydrogen) atoms. The molecule has 0 amide bonds. The van der Waals surface area contributed by atoms with Gasteiger partial charge in [-0.05, 0) is 30.7 Å². The number of aliphatic hydroxyl groups is 2. The van der Waals surface area contributed by atoms with Crippen molar-refractivity contribution in [3.63, 3.8) is 0 Å². The number of hydrogen-bond donors (Lipinski definition) is 3. The summed E-state index contributed by atoms with van der Waals surface area (Å²) in [6, 6.07) is 5.22. The van der Waals surface area contributed by atoms with Gasteiger partial charge in [-0.1, -0.05) is 23.2 Å². The van der Waals surface area contributed by atoms with Crippen LogP contribution in [0.1, 0.15) is 12.5 Å². The van der Waals surface area contributed by atoms with Crippen LogP contribution in [0.15, 0.2) is 18.2 Å². The number of halogens is 2. The third-order valence-corrected chi connectivity index (χ3v) is 2.77. The first-order valence-corrected chi connectivity index (χ1v) is 5.68. The molecule has 0 bridgehead atoms. The lowest BCUT2D eigenvalue weighted by atomic mass is 10.1. The Morgan fingerprint density at radius 1 is 1.38 bits per heavy atom. The summed E-state index contributed by atoms with van der Waals surface area (Å²) in [6.07, 6.45) is 0. The maximum Gasteiger partial charge on any atom is 0.0972 e. The highest BCUT2D eigenvalue weighted by atomic mass is 35.5. The number of rotatable bonds is 5. The van der Waals surface area contributed by atoms with E-state index in [1.807, 2.05) is 0 Å². The molecule has 0 aliphatic heterocycles. The summed E-state index contributed by atoms with van der Waals surface area (Å²) >= 11 is 11.8. The first-order valence-electron chi connectivity index (χ1n) is 4.92. The van der Waals surface area contributed by atoms with E-state index in [-0.39, 0.29) is 13.2 Å². The molecule has 0 radical (unpaired) electrons. The Hall–Kier alpha value is -0.320. The highest BCUT2D eigenvalue weighted by Crippen LogP contribution is 2.20. The normalized spacial score (nSPS) is 14.8. The minimum absolute atomic E-state index is 0.284. The van der Waals surface area contributed by atoms with Crippen LogP contribution in [0.25, 0.3) is 0 Å². The zero-order valence-electron chi connectivity index (χ0n) is 9.00. The largest absolute Gasteiger partial charge is 0.393 e. The van der Waals surface area contributed by atoms with Crippen LogP contribution in [0.2, 0.25) is 10.0 Å². The van der Waals surface area contributed by atoms with E-state index < -0.39 is 5.60 Å². The van der Waals surface area contributed by atoms with Gasteiger partial charge in [0.15, 0.2) is 0 Å². The summed E-state index contributed by atoms with van der Waals surface area (Å²) < 4.78 is 0. The molecule has 1 aromatic rings. The van der Waals surface area contributed by atoms with Crippen LogP contribution in [0, 0.1) is 0 Å². The molecule has 0 saturated heterocycles. The fourth-order valence-electron chi connectivity index (χ4n) is 1.20. The van der Waals surface area contributed by atoms with Crippen molar-refractivity contribution >= 4 is 23.2 Å². The van der Waals surface area contributed by atoms with E-state index >= 15 is 0 Å². The van der Waals surface area contributed by atoms with E-state index in [4.69, 9.17) is 28.3 Å². The first-order chi connectivity index (χ1) is 7.44. The van der Waals surface area contributed by atoms with Gasteiger partial charge in [0.2, 0.25) is 0 Å². The van der Waals surface area contributed by atoms with Crippen molar-refractivity contribution in [2.45, 2.75) is 19.1 Å².